The van der Waals surface area contributed by atoms with Gasteiger partial charge in [-0.15, -0.1) is 0 Å². The lowest BCUT2D eigenvalue weighted by atomic mass is 10.1. The molecule has 0 radical (unpaired) electrons. The van der Waals surface area contributed by atoms with Crippen molar-refractivity contribution >= 4 is 26.9 Å². The van der Waals surface area contributed by atoms with E-state index in [1.54, 1.807) is 6.26 Å². The fourth-order valence-electron chi connectivity index (χ4n) is 2.49. The number of rotatable bonds is 5. The number of nitrogens with one attached hydrogen (secondary N) is 1. The number of hydrogen-bond donors (Lipinski definition) is 1. The van der Waals surface area contributed by atoms with Gasteiger partial charge in [0.25, 0.3) is 0 Å². The molecule has 1 atom stereocenters. The third-order valence-corrected chi connectivity index (χ3v) is 4.18. The second-order valence-electron chi connectivity index (χ2n) is 5.23. The van der Waals surface area contributed by atoms with Crippen molar-refractivity contribution in [1.82, 2.24) is 5.32 Å². The first-order chi connectivity index (χ1) is 10.2. The fourth-order valence-corrected chi connectivity index (χ4v) is 2.96. The number of hydrogen-bond acceptors (Lipinski definition) is 3. The summed E-state index contributed by atoms with van der Waals surface area (Å²) in [6.45, 7) is 5.15. The minimum atomic E-state index is -0.00854. The van der Waals surface area contributed by atoms with Gasteiger partial charge in [0, 0.05) is 10.9 Å². The second kappa shape index (κ2) is 6.08. The molecule has 2 heterocycles. The molecule has 3 rings (SSSR count). The summed E-state index contributed by atoms with van der Waals surface area (Å²) >= 11 is 3.46. The van der Waals surface area contributed by atoms with E-state index in [-0.39, 0.29) is 6.04 Å². The van der Waals surface area contributed by atoms with Gasteiger partial charge in [-0.05, 0) is 60.1 Å². The van der Waals surface area contributed by atoms with Gasteiger partial charge in [-0.2, -0.15) is 0 Å². The zero-order valence-electron chi connectivity index (χ0n) is 12.2. The van der Waals surface area contributed by atoms with Crippen LogP contribution in [0.3, 0.4) is 0 Å². The maximum Gasteiger partial charge on any atom is 0.174 e. The van der Waals surface area contributed by atoms with Gasteiger partial charge in [-0.3, -0.25) is 0 Å². The zero-order chi connectivity index (χ0) is 14.8. The van der Waals surface area contributed by atoms with Crippen LogP contribution in [-0.4, -0.2) is 6.54 Å². The van der Waals surface area contributed by atoms with Gasteiger partial charge in [0.15, 0.2) is 4.67 Å². The van der Waals surface area contributed by atoms with Crippen LogP contribution < -0.4 is 5.32 Å². The van der Waals surface area contributed by atoms with Crippen LogP contribution in [0, 0.1) is 6.92 Å². The van der Waals surface area contributed by atoms with Gasteiger partial charge in [0.2, 0.25) is 0 Å². The monoisotopic (exact) mass is 347 g/mol. The van der Waals surface area contributed by atoms with Crippen molar-refractivity contribution in [3.8, 4) is 0 Å². The fraction of sp³-hybridized carbons (Fsp3) is 0.294. The predicted octanol–water partition coefficient (Wildman–Crippen LogP) is 5.19. The summed E-state index contributed by atoms with van der Waals surface area (Å²) in [5, 5.41) is 4.65. The molecule has 0 spiro atoms. The molecule has 0 saturated carbocycles. The molecule has 2 aromatic heterocycles. The van der Waals surface area contributed by atoms with Gasteiger partial charge in [-0.25, -0.2) is 0 Å². The molecule has 4 heteroatoms. The van der Waals surface area contributed by atoms with Crippen molar-refractivity contribution < 1.29 is 8.83 Å². The van der Waals surface area contributed by atoms with E-state index in [4.69, 9.17) is 8.83 Å². The largest absolute Gasteiger partial charge is 0.459 e. The SMILES string of the molecule is CCCNC(c1cc2cc(C)ccc2o1)c1ccoc1Br. The van der Waals surface area contributed by atoms with E-state index < -0.39 is 0 Å². The molecular formula is C17H18BrNO2. The molecule has 0 amide bonds. The predicted molar refractivity (Wildman–Crippen MR) is 87.5 cm³/mol. The molecule has 110 valence electrons. The Labute approximate surface area is 132 Å². The van der Waals surface area contributed by atoms with Crippen LogP contribution in [0.2, 0.25) is 0 Å². The smallest absolute Gasteiger partial charge is 0.174 e. The van der Waals surface area contributed by atoms with E-state index in [1.807, 2.05) is 12.1 Å². The Morgan fingerprint density at radius 3 is 2.81 bits per heavy atom. The topological polar surface area (TPSA) is 38.3 Å². The third-order valence-electron chi connectivity index (χ3n) is 3.53. The lowest BCUT2D eigenvalue weighted by molar-refractivity contribution is 0.460. The molecule has 21 heavy (non-hydrogen) atoms. The zero-order valence-corrected chi connectivity index (χ0v) is 13.7. The van der Waals surface area contributed by atoms with Crippen molar-refractivity contribution in [1.29, 1.82) is 0 Å². The van der Waals surface area contributed by atoms with E-state index in [2.05, 4.69) is 53.3 Å². The minimum Gasteiger partial charge on any atom is -0.459 e. The summed E-state index contributed by atoms with van der Waals surface area (Å²) in [7, 11) is 0. The lowest BCUT2D eigenvalue weighted by Crippen LogP contribution is -2.22. The van der Waals surface area contributed by atoms with Crippen molar-refractivity contribution in [2.75, 3.05) is 6.54 Å². The average Bonchev–Trinajstić information content (AvgIpc) is 3.06. The number of benzene rings is 1. The molecule has 1 aromatic carbocycles. The molecule has 3 nitrogen and oxygen atoms in total. The van der Waals surface area contributed by atoms with Crippen molar-refractivity contribution in [3.05, 3.63) is 58.2 Å². The van der Waals surface area contributed by atoms with E-state index in [0.29, 0.717) is 0 Å². The van der Waals surface area contributed by atoms with Gasteiger partial charge in [0.05, 0.1) is 12.3 Å². The standard InChI is InChI=1S/C17H18BrNO2/c1-3-7-19-16(13-6-8-20-17(13)18)15-10-12-9-11(2)4-5-14(12)21-15/h4-6,8-10,16,19H,3,7H2,1-2H3. The highest BCUT2D eigenvalue weighted by atomic mass is 79.9. The molecule has 0 aliphatic carbocycles. The van der Waals surface area contributed by atoms with Crippen LogP contribution in [0.25, 0.3) is 11.0 Å². The van der Waals surface area contributed by atoms with Crippen LogP contribution in [0.4, 0.5) is 0 Å². The molecule has 0 saturated heterocycles. The summed E-state index contributed by atoms with van der Waals surface area (Å²) in [5.41, 5.74) is 3.20. The molecule has 3 aromatic rings. The first-order valence-electron chi connectivity index (χ1n) is 7.15. The first-order valence-corrected chi connectivity index (χ1v) is 7.94. The van der Waals surface area contributed by atoms with E-state index >= 15 is 0 Å². The Morgan fingerprint density at radius 1 is 1.24 bits per heavy atom. The Morgan fingerprint density at radius 2 is 2.10 bits per heavy atom. The highest BCUT2D eigenvalue weighted by molar-refractivity contribution is 9.10. The van der Waals surface area contributed by atoms with Crippen LogP contribution >= 0.6 is 15.9 Å². The molecule has 1 N–H and O–H groups in total. The second-order valence-corrected chi connectivity index (χ2v) is 5.95. The number of furan rings is 2. The molecule has 0 aliphatic rings. The first kappa shape index (κ1) is 14.4. The maximum atomic E-state index is 6.04. The van der Waals surface area contributed by atoms with E-state index in [0.717, 1.165) is 39.9 Å². The summed E-state index contributed by atoms with van der Waals surface area (Å²) in [6.07, 6.45) is 2.75. The normalized spacial score (nSPS) is 12.9. The maximum absolute atomic E-state index is 6.04. The Balaban J connectivity index is 2.03. The van der Waals surface area contributed by atoms with Crippen molar-refractivity contribution in [2.45, 2.75) is 26.3 Å². The highest BCUT2D eigenvalue weighted by Crippen LogP contribution is 2.33. The summed E-state index contributed by atoms with van der Waals surface area (Å²) < 4.78 is 12.2. The number of halogens is 1. The summed E-state index contributed by atoms with van der Waals surface area (Å²) in [6, 6.07) is 10.3. The van der Waals surface area contributed by atoms with E-state index in [1.165, 1.54) is 5.56 Å². The lowest BCUT2D eigenvalue weighted by Gasteiger charge is -2.15. The van der Waals surface area contributed by atoms with Crippen LogP contribution in [0.1, 0.15) is 36.3 Å². The highest BCUT2D eigenvalue weighted by Gasteiger charge is 2.22. The van der Waals surface area contributed by atoms with Crippen LogP contribution in [-0.2, 0) is 0 Å². The Hall–Kier alpha value is -1.52. The van der Waals surface area contributed by atoms with Crippen molar-refractivity contribution in [2.24, 2.45) is 0 Å². The minimum absolute atomic E-state index is 0.00854. The molecule has 1 unspecified atom stereocenters. The third kappa shape index (κ3) is 2.92. The summed E-state index contributed by atoms with van der Waals surface area (Å²) in [5.74, 6) is 0.908. The van der Waals surface area contributed by atoms with Gasteiger partial charge >= 0.3 is 0 Å². The van der Waals surface area contributed by atoms with Crippen molar-refractivity contribution in [3.63, 3.8) is 0 Å². The van der Waals surface area contributed by atoms with Gasteiger partial charge < -0.3 is 14.2 Å². The van der Waals surface area contributed by atoms with Gasteiger partial charge in [-0.1, -0.05) is 18.6 Å². The van der Waals surface area contributed by atoms with Crippen LogP contribution in [0.15, 0.2) is 50.1 Å². The molecular weight excluding hydrogens is 330 g/mol. The number of fused-ring (bicyclic) bond motifs is 1. The summed E-state index contributed by atoms with van der Waals surface area (Å²) in [4.78, 5) is 0. The van der Waals surface area contributed by atoms with Gasteiger partial charge in [0.1, 0.15) is 11.3 Å². The van der Waals surface area contributed by atoms with E-state index in [9.17, 15) is 0 Å². The Kier molecular flexibility index (Phi) is 4.17. The van der Waals surface area contributed by atoms with Crippen LogP contribution in [0.5, 0.6) is 0 Å². The molecule has 0 aliphatic heterocycles. The quantitative estimate of drug-likeness (QED) is 0.690. The molecule has 0 bridgehead atoms. The Bertz CT molecular complexity index is 744. The average molecular weight is 348 g/mol. The molecule has 0 fully saturated rings. The number of aryl methyl sites for hydroxylation is 1.